The lowest BCUT2D eigenvalue weighted by Gasteiger charge is -2.37. The summed E-state index contributed by atoms with van der Waals surface area (Å²) >= 11 is 0. The van der Waals surface area contributed by atoms with Crippen molar-refractivity contribution in [2.45, 2.75) is 181 Å². The van der Waals surface area contributed by atoms with E-state index in [4.69, 9.17) is 18.9 Å². The molecule has 2 aromatic heterocycles. The molecule has 0 radical (unpaired) electrons. The van der Waals surface area contributed by atoms with Crippen molar-refractivity contribution in [3.8, 4) is 0 Å². The zero-order valence-electron chi connectivity index (χ0n) is 41.2. The molecule has 14 heteroatoms. The zero-order valence-corrected chi connectivity index (χ0v) is 41.2. The molecule has 2 aromatic rings. The van der Waals surface area contributed by atoms with Crippen LogP contribution in [0.3, 0.4) is 0 Å². The topological polar surface area (TPSA) is 120 Å². The average Bonchev–Trinajstić information content (AvgIpc) is 3.95. The molecular weight excluding hydrogens is 785 g/mol. The van der Waals surface area contributed by atoms with Gasteiger partial charge in [-0.25, -0.2) is 9.59 Å². The quantitative estimate of drug-likeness (QED) is 0.205. The average molecular weight is 869 g/mol. The molecule has 62 heavy (non-hydrogen) atoms. The minimum atomic E-state index is -0.471. The number of carbonyl (C=O) groups excluding carboxylic acids is 2. The van der Waals surface area contributed by atoms with Crippen molar-refractivity contribution in [2.75, 3.05) is 67.6 Å². The minimum absolute atomic E-state index is 0.0936. The molecule has 14 nitrogen and oxygen atoms in total. The molecule has 4 heterocycles. The van der Waals surface area contributed by atoms with Crippen molar-refractivity contribution >= 4 is 12.2 Å². The molecule has 0 bridgehead atoms. The van der Waals surface area contributed by atoms with E-state index in [1.165, 1.54) is 24.2 Å². The maximum absolute atomic E-state index is 12.2. The molecule has 0 aromatic carbocycles. The lowest BCUT2D eigenvalue weighted by atomic mass is 9.75. The number of amides is 2. The third-order valence-corrected chi connectivity index (χ3v) is 13.0. The molecule has 0 N–H and O–H groups in total. The molecular formula is C48H84N8O6. The summed E-state index contributed by atoms with van der Waals surface area (Å²) in [5.41, 5.74) is 2.32. The lowest BCUT2D eigenvalue weighted by molar-refractivity contribution is -0.0356. The van der Waals surface area contributed by atoms with Gasteiger partial charge in [0, 0.05) is 65.8 Å². The first-order chi connectivity index (χ1) is 28.8. The highest BCUT2D eigenvalue weighted by molar-refractivity contribution is 5.68. The maximum Gasteiger partial charge on any atom is 0.410 e. The van der Waals surface area contributed by atoms with E-state index in [2.05, 4.69) is 83.3 Å². The normalized spacial score (nSPS) is 25.9. The number of carbonyl (C=O) groups is 2. The summed E-state index contributed by atoms with van der Waals surface area (Å²) in [6, 6.07) is 5.13. The molecule has 4 aliphatic rings. The van der Waals surface area contributed by atoms with Gasteiger partial charge in [0.05, 0.1) is 47.9 Å². The van der Waals surface area contributed by atoms with Crippen molar-refractivity contribution in [1.82, 2.24) is 39.2 Å². The molecule has 2 aliphatic carbocycles. The summed E-state index contributed by atoms with van der Waals surface area (Å²) in [4.78, 5) is 32.1. The van der Waals surface area contributed by atoms with Crippen LogP contribution in [0, 0.1) is 10.8 Å². The monoisotopic (exact) mass is 869 g/mol. The van der Waals surface area contributed by atoms with E-state index in [0.29, 0.717) is 36.0 Å². The fourth-order valence-corrected chi connectivity index (χ4v) is 9.84. The molecule has 4 fully saturated rings. The lowest BCUT2D eigenvalue weighted by Crippen LogP contribution is -2.38. The maximum atomic E-state index is 12.2. The van der Waals surface area contributed by atoms with E-state index in [1.807, 2.05) is 53.9 Å². The Kier molecular flexibility index (Phi) is 16.0. The minimum Gasteiger partial charge on any atom is -0.444 e. The van der Waals surface area contributed by atoms with E-state index in [0.717, 1.165) is 90.8 Å². The molecule has 352 valence electrons. The Bertz CT molecular complexity index is 1610. The molecule has 2 saturated carbocycles. The molecule has 2 saturated heterocycles. The van der Waals surface area contributed by atoms with Gasteiger partial charge in [0.1, 0.15) is 11.2 Å². The second kappa shape index (κ2) is 19.9. The van der Waals surface area contributed by atoms with Crippen molar-refractivity contribution < 1.29 is 28.5 Å². The molecule has 2 aliphatic heterocycles. The first kappa shape index (κ1) is 49.8. The standard InChI is InChI=1S/2C24H42N4O3/c2*1-22(2,3)31-21(29)27(7)15-14-26(6)16-20-10-13-25-28(20)19-8-11-24(12-9-19)17-23(4,5)18-30-24/h2*10,13,19H,8-9,11-12,14-18H2,1-7H3. The van der Waals surface area contributed by atoms with Crippen molar-refractivity contribution in [2.24, 2.45) is 10.8 Å². The Morgan fingerprint density at radius 2 is 0.968 bits per heavy atom. The number of aromatic nitrogens is 4. The number of hydrogen-bond donors (Lipinski definition) is 0. The van der Waals surface area contributed by atoms with E-state index in [1.54, 1.807) is 23.9 Å². The van der Waals surface area contributed by atoms with Crippen LogP contribution in [0.2, 0.25) is 0 Å². The molecule has 2 spiro atoms. The highest BCUT2D eigenvalue weighted by Crippen LogP contribution is 2.50. The van der Waals surface area contributed by atoms with Crippen LogP contribution in [-0.2, 0) is 32.0 Å². The number of likely N-dealkylation sites (N-methyl/N-ethyl adjacent to an activating group) is 4. The zero-order chi connectivity index (χ0) is 45.7. The first-order valence-electron chi connectivity index (χ1n) is 23.3. The summed E-state index contributed by atoms with van der Waals surface area (Å²) in [5.74, 6) is 0. The van der Waals surface area contributed by atoms with Crippen LogP contribution in [0.25, 0.3) is 0 Å². The van der Waals surface area contributed by atoms with Crippen LogP contribution in [0.5, 0.6) is 0 Å². The number of nitrogens with zero attached hydrogens (tertiary/aromatic N) is 8. The molecule has 6 rings (SSSR count). The van der Waals surface area contributed by atoms with Gasteiger partial charge in [-0.3, -0.25) is 19.2 Å². The number of ether oxygens (including phenoxy) is 4. The molecule has 0 unspecified atom stereocenters. The third kappa shape index (κ3) is 14.4. The molecule has 0 atom stereocenters. The van der Waals surface area contributed by atoms with Crippen LogP contribution < -0.4 is 0 Å². The molecule has 2 amide bonds. The Labute approximate surface area is 374 Å². The fraction of sp³-hybridized carbons (Fsp3) is 0.833. The predicted octanol–water partition coefficient (Wildman–Crippen LogP) is 8.96. The van der Waals surface area contributed by atoms with Crippen LogP contribution in [0.4, 0.5) is 9.59 Å². The Morgan fingerprint density at radius 3 is 1.26 bits per heavy atom. The van der Waals surface area contributed by atoms with Crippen molar-refractivity contribution in [1.29, 1.82) is 0 Å². The van der Waals surface area contributed by atoms with E-state index < -0.39 is 11.2 Å². The van der Waals surface area contributed by atoms with Gasteiger partial charge in [-0.05, 0) is 143 Å². The Morgan fingerprint density at radius 1 is 0.629 bits per heavy atom. The highest BCUT2D eigenvalue weighted by Gasteiger charge is 2.48. The van der Waals surface area contributed by atoms with Crippen molar-refractivity contribution in [3.05, 3.63) is 35.9 Å². The summed E-state index contributed by atoms with van der Waals surface area (Å²) < 4.78 is 27.9. The van der Waals surface area contributed by atoms with Gasteiger partial charge in [0.2, 0.25) is 0 Å². The summed E-state index contributed by atoms with van der Waals surface area (Å²) in [5, 5.41) is 9.33. The summed E-state index contributed by atoms with van der Waals surface area (Å²) in [7, 11) is 7.75. The van der Waals surface area contributed by atoms with Crippen molar-refractivity contribution in [3.63, 3.8) is 0 Å². The van der Waals surface area contributed by atoms with Gasteiger partial charge in [-0.2, -0.15) is 10.2 Å². The van der Waals surface area contributed by atoms with Crippen LogP contribution in [-0.4, -0.2) is 141 Å². The van der Waals surface area contributed by atoms with E-state index >= 15 is 0 Å². The predicted molar refractivity (Wildman–Crippen MR) is 244 cm³/mol. The van der Waals surface area contributed by atoms with Gasteiger partial charge in [-0.1, -0.05) is 27.7 Å². The second-order valence-corrected chi connectivity index (χ2v) is 22.9. The van der Waals surface area contributed by atoms with Gasteiger partial charge in [0.15, 0.2) is 0 Å². The van der Waals surface area contributed by atoms with E-state index in [9.17, 15) is 9.59 Å². The van der Waals surface area contributed by atoms with Gasteiger partial charge < -0.3 is 28.7 Å². The smallest absolute Gasteiger partial charge is 0.410 e. The van der Waals surface area contributed by atoms with Gasteiger partial charge in [0.25, 0.3) is 0 Å². The van der Waals surface area contributed by atoms with E-state index in [-0.39, 0.29) is 23.4 Å². The first-order valence-corrected chi connectivity index (χ1v) is 23.3. The van der Waals surface area contributed by atoms with Crippen LogP contribution in [0.1, 0.15) is 157 Å². The Balaban J connectivity index is 0.000000234. The number of rotatable bonds is 12. The summed E-state index contributed by atoms with van der Waals surface area (Å²) in [6.07, 6.45) is 14.6. The number of hydrogen-bond acceptors (Lipinski definition) is 10. The van der Waals surface area contributed by atoms with Crippen LogP contribution >= 0.6 is 0 Å². The van der Waals surface area contributed by atoms with Gasteiger partial charge >= 0.3 is 12.2 Å². The fourth-order valence-electron chi connectivity index (χ4n) is 9.84. The Hall–Kier alpha value is -3.20. The third-order valence-electron chi connectivity index (χ3n) is 13.0. The SMILES string of the molecule is CN(CCN(C)C(=O)OC(C)(C)C)Cc1ccnn1C1CCC2(CC1)CC(C)(C)CO2.CN(CCN(C)C(=O)OC(C)(C)C)Cc1ccnn1C1CCC2(CC1)CC(C)(C)CO2. The second-order valence-electron chi connectivity index (χ2n) is 22.9. The summed E-state index contributed by atoms with van der Waals surface area (Å²) in [6.45, 7) is 26.8. The largest absolute Gasteiger partial charge is 0.444 e. The highest BCUT2D eigenvalue weighted by atomic mass is 16.6. The van der Waals surface area contributed by atoms with Gasteiger partial charge in [-0.15, -0.1) is 0 Å². The van der Waals surface area contributed by atoms with Crippen LogP contribution in [0.15, 0.2) is 24.5 Å².